The second-order valence-electron chi connectivity index (χ2n) is 11.5. The van der Waals surface area contributed by atoms with Crippen LogP contribution < -0.4 is 20.2 Å². The van der Waals surface area contributed by atoms with Crippen LogP contribution in [0.3, 0.4) is 0 Å². The van der Waals surface area contributed by atoms with Crippen molar-refractivity contribution in [2.24, 2.45) is 22.9 Å². The first-order valence-corrected chi connectivity index (χ1v) is 13.9. The summed E-state index contributed by atoms with van der Waals surface area (Å²) in [5.74, 6) is 3.00. The highest BCUT2D eigenvalue weighted by atomic mass is 16.5. The lowest BCUT2D eigenvalue weighted by atomic mass is 9.48. The Bertz CT molecular complexity index is 1370. The van der Waals surface area contributed by atoms with Crippen molar-refractivity contribution in [1.82, 2.24) is 10.4 Å². The Kier molecular flexibility index (Phi) is 7.24. The molecule has 4 aliphatic carbocycles. The number of hydrogen-bond acceptors (Lipinski definition) is 6. The molecule has 4 saturated carbocycles. The van der Waals surface area contributed by atoms with Gasteiger partial charge in [-0.2, -0.15) is 5.10 Å². The minimum absolute atomic E-state index is 0.151. The molecule has 1 aromatic heterocycles. The van der Waals surface area contributed by atoms with E-state index >= 15 is 0 Å². The summed E-state index contributed by atoms with van der Waals surface area (Å²) in [7, 11) is 1.53. The Morgan fingerprint density at radius 1 is 1.00 bits per heavy atom. The molecule has 4 bridgehead atoms. The van der Waals surface area contributed by atoms with Gasteiger partial charge in [0, 0.05) is 18.1 Å². The van der Waals surface area contributed by atoms with Crippen molar-refractivity contribution >= 4 is 23.7 Å². The number of pyridine rings is 1. The molecule has 2 N–H and O–H groups in total. The number of methoxy groups -OCH3 is 1. The molecule has 2 amide bonds. The van der Waals surface area contributed by atoms with Crippen molar-refractivity contribution in [2.75, 3.05) is 19.0 Å². The van der Waals surface area contributed by atoms with Gasteiger partial charge in [0.1, 0.15) is 0 Å². The zero-order valence-corrected chi connectivity index (χ0v) is 22.6. The van der Waals surface area contributed by atoms with E-state index in [0.717, 1.165) is 23.4 Å². The standard InChI is InChI=1S/C32H34N4O4/c1-39-29-14-21(18-34-36-31(38)25-3-2-10-33-19-25)4-9-28(29)40-20-30(37)35-27-7-5-26(6-8-27)32-15-22-11-23(16-32)13-24(12-22)17-32/h2-10,14,18-19,22-24H,11-13,15-17,20H2,1H3,(H,35,37)(H,36,38). The number of aromatic nitrogens is 1. The van der Waals surface area contributed by atoms with Crippen LogP contribution in [0.25, 0.3) is 0 Å². The third kappa shape index (κ3) is 5.57. The Labute approximate surface area is 234 Å². The van der Waals surface area contributed by atoms with Crippen molar-refractivity contribution in [3.05, 3.63) is 83.7 Å². The normalized spacial score (nSPS) is 24.6. The van der Waals surface area contributed by atoms with Gasteiger partial charge in [0.25, 0.3) is 11.8 Å². The highest BCUT2D eigenvalue weighted by Crippen LogP contribution is 2.60. The fourth-order valence-corrected chi connectivity index (χ4v) is 7.32. The number of nitrogens with one attached hydrogen (secondary N) is 2. The van der Waals surface area contributed by atoms with Crippen molar-refractivity contribution in [3.63, 3.8) is 0 Å². The molecule has 206 valence electrons. The van der Waals surface area contributed by atoms with Crippen LogP contribution in [0.1, 0.15) is 60.0 Å². The summed E-state index contributed by atoms with van der Waals surface area (Å²) in [5, 5.41) is 6.93. The average Bonchev–Trinajstić information content (AvgIpc) is 2.96. The van der Waals surface area contributed by atoms with E-state index in [-0.39, 0.29) is 18.4 Å². The number of carbonyl (C=O) groups excluding carboxylic acids is 2. The van der Waals surface area contributed by atoms with Gasteiger partial charge < -0.3 is 14.8 Å². The highest BCUT2D eigenvalue weighted by molar-refractivity contribution is 5.94. The predicted octanol–water partition coefficient (Wildman–Crippen LogP) is 5.34. The van der Waals surface area contributed by atoms with Gasteiger partial charge in [-0.1, -0.05) is 12.1 Å². The largest absolute Gasteiger partial charge is 0.493 e. The molecule has 0 spiro atoms. The maximum absolute atomic E-state index is 12.6. The van der Waals surface area contributed by atoms with E-state index in [9.17, 15) is 9.59 Å². The van der Waals surface area contributed by atoms with Gasteiger partial charge >= 0.3 is 0 Å². The second kappa shape index (κ2) is 11.1. The second-order valence-corrected chi connectivity index (χ2v) is 11.5. The molecule has 4 aliphatic rings. The smallest absolute Gasteiger partial charge is 0.272 e. The van der Waals surface area contributed by atoms with E-state index in [1.807, 2.05) is 12.1 Å². The van der Waals surface area contributed by atoms with E-state index in [1.165, 1.54) is 63.6 Å². The number of ether oxygens (including phenoxy) is 2. The number of carbonyl (C=O) groups is 2. The Morgan fingerprint density at radius 2 is 1.73 bits per heavy atom. The number of hydrazone groups is 1. The van der Waals surface area contributed by atoms with Gasteiger partial charge in [0.2, 0.25) is 0 Å². The summed E-state index contributed by atoms with van der Waals surface area (Å²) in [6.07, 6.45) is 12.8. The van der Waals surface area contributed by atoms with Crippen LogP contribution in [0.15, 0.2) is 72.1 Å². The van der Waals surface area contributed by atoms with Gasteiger partial charge in [-0.3, -0.25) is 14.6 Å². The maximum atomic E-state index is 12.6. The number of nitrogens with zero attached hydrogens (tertiary/aromatic N) is 2. The number of benzene rings is 2. The monoisotopic (exact) mass is 538 g/mol. The summed E-state index contributed by atoms with van der Waals surface area (Å²) >= 11 is 0. The minimum atomic E-state index is -0.357. The van der Waals surface area contributed by atoms with E-state index in [1.54, 1.807) is 36.5 Å². The Hall–Kier alpha value is -4.20. The van der Waals surface area contributed by atoms with Crippen LogP contribution in [0.5, 0.6) is 11.5 Å². The first kappa shape index (κ1) is 26.0. The molecule has 2 aromatic carbocycles. The highest BCUT2D eigenvalue weighted by Gasteiger charge is 2.51. The first-order chi connectivity index (χ1) is 19.5. The van der Waals surface area contributed by atoms with Gasteiger partial charge in [-0.25, -0.2) is 5.43 Å². The van der Waals surface area contributed by atoms with Crippen LogP contribution >= 0.6 is 0 Å². The maximum Gasteiger partial charge on any atom is 0.272 e. The quantitative estimate of drug-likeness (QED) is 0.283. The Morgan fingerprint density at radius 3 is 2.38 bits per heavy atom. The molecular weight excluding hydrogens is 504 g/mol. The SMILES string of the molecule is COc1cc(C=NNC(=O)c2cccnc2)ccc1OCC(=O)Nc1ccc(C23CC4CC(CC(C4)C2)C3)cc1. The third-order valence-electron chi connectivity index (χ3n) is 8.67. The molecule has 0 atom stereocenters. The van der Waals surface area contributed by atoms with Crippen molar-refractivity contribution < 1.29 is 19.1 Å². The molecule has 0 unspecified atom stereocenters. The molecule has 0 saturated heterocycles. The summed E-state index contributed by atoms with van der Waals surface area (Å²) in [5.41, 5.74) is 6.13. The number of rotatable bonds is 9. The fourth-order valence-electron chi connectivity index (χ4n) is 7.32. The summed E-state index contributed by atoms with van der Waals surface area (Å²) in [6.45, 7) is -0.151. The lowest BCUT2D eigenvalue weighted by molar-refractivity contribution is -0.118. The summed E-state index contributed by atoms with van der Waals surface area (Å²) in [4.78, 5) is 28.6. The average molecular weight is 539 g/mol. The van der Waals surface area contributed by atoms with Crippen LogP contribution in [-0.2, 0) is 10.2 Å². The molecule has 3 aromatic rings. The molecule has 0 radical (unpaired) electrons. The summed E-state index contributed by atoms with van der Waals surface area (Å²) in [6, 6.07) is 17.0. The number of anilines is 1. The number of amides is 2. The third-order valence-corrected chi connectivity index (χ3v) is 8.67. The first-order valence-electron chi connectivity index (χ1n) is 13.9. The number of hydrogen-bond donors (Lipinski definition) is 2. The molecule has 40 heavy (non-hydrogen) atoms. The summed E-state index contributed by atoms with van der Waals surface area (Å²) < 4.78 is 11.2. The molecule has 8 nitrogen and oxygen atoms in total. The lowest BCUT2D eigenvalue weighted by Gasteiger charge is -2.57. The van der Waals surface area contributed by atoms with E-state index in [0.29, 0.717) is 28.0 Å². The zero-order valence-electron chi connectivity index (χ0n) is 22.6. The van der Waals surface area contributed by atoms with E-state index in [4.69, 9.17) is 9.47 Å². The van der Waals surface area contributed by atoms with Gasteiger partial charge in [-0.05, 0) is 115 Å². The van der Waals surface area contributed by atoms with Crippen LogP contribution in [0, 0.1) is 17.8 Å². The van der Waals surface area contributed by atoms with Gasteiger partial charge in [0.05, 0.1) is 18.9 Å². The van der Waals surface area contributed by atoms with Crippen LogP contribution in [0.4, 0.5) is 5.69 Å². The molecule has 8 heteroatoms. The van der Waals surface area contributed by atoms with Crippen LogP contribution in [0.2, 0.25) is 0 Å². The van der Waals surface area contributed by atoms with Crippen molar-refractivity contribution in [1.29, 1.82) is 0 Å². The molecular formula is C32H34N4O4. The fraction of sp³-hybridized carbons (Fsp3) is 0.375. The van der Waals surface area contributed by atoms with Crippen LogP contribution in [-0.4, -0.2) is 36.7 Å². The topological polar surface area (TPSA) is 102 Å². The van der Waals surface area contributed by atoms with Crippen molar-refractivity contribution in [2.45, 2.75) is 43.9 Å². The van der Waals surface area contributed by atoms with Gasteiger partial charge in [0.15, 0.2) is 18.1 Å². The van der Waals surface area contributed by atoms with Gasteiger partial charge in [-0.15, -0.1) is 0 Å². The predicted molar refractivity (Wildman–Crippen MR) is 153 cm³/mol. The van der Waals surface area contributed by atoms with E-state index < -0.39 is 0 Å². The lowest BCUT2D eigenvalue weighted by Crippen LogP contribution is -2.48. The van der Waals surface area contributed by atoms with E-state index in [2.05, 4.69) is 33.0 Å². The van der Waals surface area contributed by atoms with Crippen molar-refractivity contribution in [3.8, 4) is 11.5 Å². The molecule has 1 heterocycles. The Balaban J connectivity index is 1.02. The minimum Gasteiger partial charge on any atom is -0.493 e. The molecule has 0 aliphatic heterocycles. The zero-order chi connectivity index (χ0) is 27.5. The molecule has 7 rings (SSSR count). The molecule has 4 fully saturated rings.